The van der Waals surface area contributed by atoms with Crippen molar-refractivity contribution in [1.29, 1.82) is 0 Å². The Morgan fingerprint density at radius 2 is 2.17 bits per heavy atom. The van der Waals surface area contributed by atoms with Gasteiger partial charge in [-0.05, 0) is 18.6 Å². The van der Waals surface area contributed by atoms with Crippen molar-refractivity contribution in [1.82, 2.24) is 4.98 Å². The van der Waals surface area contributed by atoms with Crippen LogP contribution in [0.2, 0.25) is 0 Å². The van der Waals surface area contributed by atoms with E-state index in [9.17, 15) is 18.0 Å². The number of amides is 1. The van der Waals surface area contributed by atoms with Gasteiger partial charge < -0.3 is 1.43 Å². The van der Waals surface area contributed by atoms with E-state index in [0.717, 1.165) is 18.3 Å². The van der Waals surface area contributed by atoms with Crippen LogP contribution in [0.1, 0.15) is 13.4 Å². The number of nitrogens with zero attached hydrogens (tertiary/aromatic N) is 2. The molecule has 1 amide bonds. The molecule has 8 heteroatoms. The summed E-state index contributed by atoms with van der Waals surface area (Å²) in [5, 5.41) is 0. The summed E-state index contributed by atoms with van der Waals surface area (Å²) in [6.45, 7) is 0.378. The quantitative estimate of drug-likeness (QED) is 0.523. The van der Waals surface area contributed by atoms with Gasteiger partial charge in [0.15, 0.2) is 0 Å². The van der Waals surface area contributed by atoms with Crippen LogP contribution < -0.4 is 34.5 Å². The van der Waals surface area contributed by atoms with Gasteiger partial charge in [-0.1, -0.05) is 15.9 Å². The molecule has 0 saturated carbocycles. The monoisotopic (exact) mass is 332 g/mol. The van der Waals surface area contributed by atoms with Crippen LogP contribution in [0, 0.1) is 0 Å². The maximum atomic E-state index is 12.5. The van der Waals surface area contributed by atoms with E-state index in [0.29, 0.717) is 13.0 Å². The molecule has 2 heterocycles. The average Bonchev–Trinajstić information content (AvgIpc) is 2.59. The number of aromatic nitrogens is 1. The van der Waals surface area contributed by atoms with E-state index in [1.54, 1.807) is 0 Å². The van der Waals surface area contributed by atoms with E-state index in [-0.39, 0.29) is 47.5 Å². The molecule has 1 aliphatic heterocycles. The number of alkyl halides is 4. The molecular formula is C10H9BrF3N2NaO. The first-order chi connectivity index (χ1) is 7.89. The van der Waals surface area contributed by atoms with E-state index in [4.69, 9.17) is 0 Å². The third-order valence-electron chi connectivity index (χ3n) is 2.49. The molecule has 0 aromatic carbocycles. The minimum atomic E-state index is -4.42. The molecule has 1 saturated heterocycles. The molecule has 1 aliphatic rings. The number of halogens is 4. The molecule has 18 heavy (non-hydrogen) atoms. The Kier molecular flexibility index (Phi) is 5.22. The predicted octanol–water partition coefficient (Wildman–Crippen LogP) is -0.283. The number of hydrogen-bond donors (Lipinski definition) is 0. The summed E-state index contributed by atoms with van der Waals surface area (Å²) in [7, 11) is 0. The third-order valence-corrected chi connectivity index (χ3v) is 3.34. The summed E-state index contributed by atoms with van der Waals surface area (Å²) in [4.78, 5) is 16.4. The summed E-state index contributed by atoms with van der Waals surface area (Å²) in [5.41, 5.74) is -0.798. The van der Waals surface area contributed by atoms with Crippen LogP contribution in [-0.2, 0) is 11.0 Å². The molecule has 0 aliphatic carbocycles. The minimum absolute atomic E-state index is 0. The average molecular weight is 333 g/mol. The van der Waals surface area contributed by atoms with Gasteiger partial charge in [0.2, 0.25) is 5.91 Å². The first-order valence-electron chi connectivity index (χ1n) is 4.88. The summed E-state index contributed by atoms with van der Waals surface area (Å²) in [6, 6.07) is 1.78. The van der Waals surface area contributed by atoms with Crippen LogP contribution in [0.5, 0.6) is 0 Å². The molecule has 1 atom stereocenters. The third kappa shape index (κ3) is 3.26. The fourth-order valence-electron chi connectivity index (χ4n) is 1.61. The van der Waals surface area contributed by atoms with Crippen LogP contribution in [-0.4, -0.2) is 22.3 Å². The summed E-state index contributed by atoms with van der Waals surface area (Å²) < 4.78 is 37.5. The molecule has 1 unspecified atom stereocenters. The fourth-order valence-corrected chi connectivity index (χ4v) is 2.07. The van der Waals surface area contributed by atoms with Crippen molar-refractivity contribution in [2.45, 2.75) is 17.4 Å². The van der Waals surface area contributed by atoms with Gasteiger partial charge in [-0.25, -0.2) is 4.98 Å². The zero-order chi connectivity index (χ0) is 12.6. The first kappa shape index (κ1) is 15.9. The van der Waals surface area contributed by atoms with Crippen LogP contribution in [0.15, 0.2) is 18.3 Å². The summed E-state index contributed by atoms with van der Waals surface area (Å²) in [5.74, 6) is -0.205. The second-order valence-corrected chi connectivity index (χ2v) is 4.75. The van der Waals surface area contributed by atoms with E-state index in [1.165, 1.54) is 4.90 Å². The maximum absolute atomic E-state index is 12.5. The number of hydrogen-bond acceptors (Lipinski definition) is 2. The normalized spacial score (nSPS) is 19.9. The molecule has 0 radical (unpaired) electrons. The van der Waals surface area contributed by atoms with Gasteiger partial charge in [-0.3, -0.25) is 9.69 Å². The van der Waals surface area contributed by atoms with E-state index >= 15 is 0 Å². The molecule has 1 aromatic heterocycles. The number of rotatable bonds is 1. The van der Waals surface area contributed by atoms with E-state index in [2.05, 4.69) is 20.9 Å². The van der Waals surface area contributed by atoms with Crippen molar-refractivity contribution in [2.75, 3.05) is 11.4 Å². The molecule has 94 valence electrons. The molecule has 3 nitrogen and oxygen atoms in total. The Balaban J connectivity index is 0.00000162. The van der Waals surface area contributed by atoms with Crippen LogP contribution >= 0.6 is 15.9 Å². The zero-order valence-electron chi connectivity index (χ0n) is 10.5. The van der Waals surface area contributed by atoms with Gasteiger partial charge in [0.25, 0.3) is 0 Å². The number of pyridine rings is 1. The first-order valence-corrected chi connectivity index (χ1v) is 5.80. The SMILES string of the molecule is O=C1C(Br)CCN1c1cc(C(F)(F)F)ccn1.[H-].[Na+]. The Hall–Kier alpha value is -0.110. The molecule has 1 aromatic rings. The topological polar surface area (TPSA) is 33.2 Å². The fraction of sp³-hybridized carbons (Fsp3) is 0.400. The minimum Gasteiger partial charge on any atom is -1.00 e. The number of carbonyl (C=O) groups excluding carboxylic acids is 1. The van der Waals surface area contributed by atoms with Gasteiger partial charge in [0, 0.05) is 12.7 Å². The van der Waals surface area contributed by atoms with Crippen molar-refractivity contribution < 1.29 is 48.9 Å². The predicted molar refractivity (Wildman–Crippen MR) is 60.0 cm³/mol. The molecule has 0 N–H and O–H groups in total. The second-order valence-electron chi connectivity index (χ2n) is 3.65. The van der Waals surface area contributed by atoms with Gasteiger partial charge in [-0.2, -0.15) is 13.2 Å². The molecule has 1 fully saturated rings. The Labute approximate surface area is 134 Å². The Bertz CT molecular complexity index is 461. The molecule has 2 rings (SSSR count). The van der Waals surface area contributed by atoms with E-state index < -0.39 is 11.7 Å². The largest absolute Gasteiger partial charge is 1.00 e. The van der Waals surface area contributed by atoms with E-state index in [1.807, 2.05) is 0 Å². The molecule has 0 bridgehead atoms. The molecular weight excluding hydrogens is 324 g/mol. The smallest absolute Gasteiger partial charge is 1.00 e. The summed E-state index contributed by atoms with van der Waals surface area (Å²) >= 11 is 3.16. The van der Waals surface area contributed by atoms with Crippen LogP contribution in [0.4, 0.5) is 19.0 Å². The van der Waals surface area contributed by atoms with Gasteiger partial charge in [0.05, 0.1) is 10.4 Å². The van der Waals surface area contributed by atoms with Crippen LogP contribution in [0.25, 0.3) is 0 Å². The van der Waals surface area contributed by atoms with Crippen molar-refractivity contribution in [3.63, 3.8) is 0 Å². The number of anilines is 1. The van der Waals surface area contributed by atoms with Crippen molar-refractivity contribution in [2.24, 2.45) is 0 Å². The van der Waals surface area contributed by atoms with Crippen molar-refractivity contribution in [3.05, 3.63) is 23.9 Å². The van der Waals surface area contributed by atoms with Gasteiger partial charge in [-0.15, -0.1) is 0 Å². The molecule has 0 spiro atoms. The van der Waals surface area contributed by atoms with Crippen molar-refractivity contribution in [3.8, 4) is 0 Å². The van der Waals surface area contributed by atoms with Crippen LogP contribution in [0.3, 0.4) is 0 Å². The number of carbonyl (C=O) groups is 1. The zero-order valence-corrected chi connectivity index (χ0v) is 13.1. The van der Waals surface area contributed by atoms with Gasteiger partial charge in [0.1, 0.15) is 5.82 Å². The summed E-state index contributed by atoms with van der Waals surface area (Å²) in [6.07, 6.45) is -2.79. The standard InChI is InChI=1S/C10H8BrF3N2O.Na.H/c11-7-2-4-16(9(7)17)8-5-6(1-3-15-8)10(12,13)14;;/h1,3,5,7H,2,4H2;;/q;+1;-1. The Morgan fingerprint density at radius 3 is 2.67 bits per heavy atom. The van der Waals surface area contributed by atoms with Crippen molar-refractivity contribution >= 4 is 27.7 Å². The Morgan fingerprint density at radius 1 is 1.50 bits per heavy atom. The van der Waals surface area contributed by atoms with Gasteiger partial charge >= 0.3 is 35.7 Å². The maximum Gasteiger partial charge on any atom is 1.00 e. The second kappa shape index (κ2) is 5.90.